The van der Waals surface area contributed by atoms with Crippen LogP contribution in [0.3, 0.4) is 0 Å². The minimum atomic E-state index is 0.600. The maximum atomic E-state index is 5.49. The number of pyridine rings is 1. The number of aliphatic imine (C=N–C) groups is 1. The number of hydrogen-bond donors (Lipinski definition) is 1. The second kappa shape index (κ2) is 9.90. The topological polar surface area (TPSA) is 56.2 Å². The van der Waals surface area contributed by atoms with E-state index in [1.54, 1.807) is 0 Å². The van der Waals surface area contributed by atoms with Crippen LogP contribution in [-0.2, 0) is 11.3 Å². The Balaban J connectivity index is 1.56. The molecule has 0 amide bonds. The molecule has 1 atom stereocenters. The first kappa shape index (κ1) is 19.9. The third-order valence-electron chi connectivity index (χ3n) is 5.30. The van der Waals surface area contributed by atoms with Gasteiger partial charge in [-0.3, -0.25) is 0 Å². The molecule has 0 spiro atoms. The van der Waals surface area contributed by atoms with E-state index < -0.39 is 0 Å². The van der Waals surface area contributed by atoms with Gasteiger partial charge in [-0.1, -0.05) is 6.07 Å². The molecule has 0 aliphatic carbocycles. The van der Waals surface area contributed by atoms with Crippen molar-refractivity contribution in [3.05, 3.63) is 23.9 Å². The molecular weight excluding hydrogens is 340 g/mol. The van der Waals surface area contributed by atoms with Gasteiger partial charge in [0.25, 0.3) is 0 Å². The molecule has 2 fully saturated rings. The maximum Gasteiger partial charge on any atom is 0.193 e. The molecule has 3 heterocycles. The lowest BCUT2D eigenvalue weighted by Crippen LogP contribution is -2.44. The molecular formula is C20H34N6O. The monoisotopic (exact) mass is 374 g/mol. The Morgan fingerprint density at radius 2 is 2.15 bits per heavy atom. The number of guanidine groups is 1. The molecule has 7 heteroatoms. The highest BCUT2D eigenvalue weighted by atomic mass is 16.5. The SMILES string of the molecule is CCNC(=NCc1ccc(N2CCN(C)CC2)nc1)N(C)CC1CCOC1. The zero-order chi connectivity index (χ0) is 19.1. The second-order valence-electron chi connectivity index (χ2n) is 7.60. The molecule has 1 N–H and O–H groups in total. The maximum absolute atomic E-state index is 5.49. The summed E-state index contributed by atoms with van der Waals surface area (Å²) in [6, 6.07) is 4.28. The Bertz CT molecular complexity index is 591. The summed E-state index contributed by atoms with van der Waals surface area (Å²) in [4.78, 5) is 16.4. The van der Waals surface area contributed by atoms with Gasteiger partial charge in [-0.25, -0.2) is 9.98 Å². The van der Waals surface area contributed by atoms with Crippen molar-refractivity contribution in [1.29, 1.82) is 0 Å². The number of ether oxygens (including phenoxy) is 1. The van der Waals surface area contributed by atoms with Crippen molar-refractivity contribution in [2.75, 3.05) is 71.5 Å². The van der Waals surface area contributed by atoms with Gasteiger partial charge in [0.05, 0.1) is 13.2 Å². The smallest absolute Gasteiger partial charge is 0.193 e. The molecule has 1 unspecified atom stereocenters. The molecule has 3 rings (SSSR count). The van der Waals surface area contributed by atoms with E-state index in [1.807, 2.05) is 6.20 Å². The molecule has 1 aromatic heterocycles. The second-order valence-corrected chi connectivity index (χ2v) is 7.60. The van der Waals surface area contributed by atoms with Crippen LogP contribution in [-0.4, -0.2) is 87.3 Å². The molecule has 7 nitrogen and oxygen atoms in total. The van der Waals surface area contributed by atoms with E-state index in [0.717, 1.165) is 76.2 Å². The third kappa shape index (κ3) is 5.81. The van der Waals surface area contributed by atoms with Gasteiger partial charge in [0.15, 0.2) is 5.96 Å². The summed E-state index contributed by atoms with van der Waals surface area (Å²) in [5.41, 5.74) is 1.14. The van der Waals surface area contributed by atoms with Crippen molar-refractivity contribution in [1.82, 2.24) is 20.1 Å². The fourth-order valence-corrected chi connectivity index (χ4v) is 3.57. The van der Waals surface area contributed by atoms with Gasteiger partial charge in [-0.15, -0.1) is 0 Å². The third-order valence-corrected chi connectivity index (χ3v) is 5.30. The Kier molecular flexibility index (Phi) is 7.29. The van der Waals surface area contributed by atoms with Crippen LogP contribution in [0.4, 0.5) is 5.82 Å². The number of hydrogen-bond acceptors (Lipinski definition) is 5. The zero-order valence-corrected chi connectivity index (χ0v) is 17.0. The largest absolute Gasteiger partial charge is 0.381 e. The van der Waals surface area contributed by atoms with Crippen molar-refractivity contribution in [2.24, 2.45) is 10.9 Å². The van der Waals surface area contributed by atoms with Crippen LogP contribution in [0.25, 0.3) is 0 Å². The van der Waals surface area contributed by atoms with Gasteiger partial charge in [0, 0.05) is 65.0 Å². The highest BCUT2D eigenvalue weighted by Crippen LogP contribution is 2.15. The fourth-order valence-electron chi connectivity index (χ4n) is 3.57. The minimum absolute atomic E-state index is 0.600. The molecule has 2 aliphatic rings. The van der Waals surface area contributed by atoms with E-state index in [0.29, 0.717) is 12.5 Å². The van der Waals surface area contributed by atoms with Gasteiger partial charge in [0.1, 0.15) is 5.82 Å². The van der Waals surface area contributed by atoms with Gasteiger partial charge in [-0.05, 0) is 32.0 Å². The number of anilines is 1. The number of rotatable bonds is 6. The highest BCUT2D eigenvalue weighted by Gasteiger charge is 2.19. The van der Waals surface area contributed by atoms with Gasteiger partial charge in [-0.2, -0.15) is 0 Å². The molecule has 150 valence electrons. The number of aromatic nitrogens is 1. The van der Waals surface area contributed by atoms with E-state index in [2.05, 4.69) is 58.2 Å². The summed E-state index contributed by atoms with van der Waals surface area (Å²) >= 11 is 0. The highest BCUT2D eigenvalue weighted by molar-refractivity contribution is 5.79. The molecule has 2 saturated heterocycles. The Morgan fingerprint density at radius 1 is 1.33 bits per heavy atom. The first-order chi connectivity index (χ1) is 13.2. The first-order valence-electron chi connectivity index (χ1n) is 10.1. The average Bonchev–Trinajstić information content (AvgIpc) is 3.19. The summed E-state index contributed by atoms with van der Waals surface area (Å²) in [5, 5.41) is 3.40. The lowest BCUT2D eigenvalue weighted by molar-refractivity contribution is 0.181. The van der Waals surface area contributed by atoms with Crippen molar-refractivity contribution in [3.63, 3.8) is 0 Å². The summed E-state index contributed by atoms with van der Waals surface area (Å²) in [7, 11) is 4.28. The van der Waals surface area contributed by atoms with Gasteiger partial charge >= 0.3 is 0 Å². The fraction of sp³-hybridized carbons (Fsp3) is 0.700. The molecule has 0 bridgehead atoms. The lowest BCUT2D eigenvalue weighted by Gasteiger charge is -2.33. The van der Waals surface area contributed by atoms with Crippen LogP contribution in [0.1, 0.15) is 18.9 Å². The van der Waals surface area contributed by atoms with Crippen LogP contribution < -0.4 is 10.2 Å². The predicted molar refractivity (Wildman–Crippen MR) is 110 cm³/mol. The standard InChI is InChI=1S/C20H34N6O/c1-4-21-20(25(3)15-18-7-12-27-16-18)23-14-17-5-6-19(22-13-17)26-10-8-24(2)9-11-26/h5-6,13,18H,4,7-12,14-16H2,1-3H3,(H,21,23). The molecule has 1 aromatic rings. The summed E-state index contributed by atoms with van der Waals surface area (Å²) < 4.78 is 5.49. The number of likely N-dealkylation sites (N-methyl/N-ethyl adjacent to an activating group) is 1. The molecule has 2 aliphatic heterocycles. The average molecular weight is 375 g/mol. The zero-order valence-electron chi connectivity index (χ0n) is 17.0. The Labute approximate surface area is 163 Å². The summed E-state index contributed by atoms with van der Waals surface area (Å²) in [6.45, 7) is 10.6. The lowest BCUT2D eigenvalue weighted by atomic mass is 10.1. The van der Waals surface area contributed by atoms with Crippen LogP contribution in [0.2, 0.25) is 0 Å². The molecule has 0 aromatic carbocycles. The van der Waals surface area contributed by atoms with Crippen LogP contribution in [0, 0.1) is 5.92 Å². The Morgan fingerprint density at radius 3 is 2.78 bits per heavy atom. The predicted octanol–water partition coefficient (Wildman–Crippen LogP) is 1.27. The van der Waals surface area contributed by atoms with E-state index >= 15 is 0 Å². The van der Waals surface area contributed by atoms with Crippen molar-refractivity contribution >= 4 is 11.8 Å². The quantitative estimate of drug-likeness (QED) is 0.598. The van der Waals surface area contributed by atoms with Crippen LogP contribution in [0.15, 0.2) is 23.3 Å². The van der Waals surface area contributed by atoms with Crippen molar-refractivity contribution in [2.45, 2.75) is 19.9 Å². The number of piperazine rings is 1. The normalized spacial score (nSPS) is 21.5. The minimum Gasteiger partial charge on any atom is -0.381 e. The number of nitrogens with one attached hydrogen (secondary N) is 1. The van der Waals surface area contributed by atoms with Crippen LogP contribution >= 0.6 is 0 Å². The molecule has 27 heavy (non-hydrogen) atoms. The molecule has 0 radical (unpaired) electrons. The van der Waals surface area contributed by atoms with E-state index in [1.165, 1.54) is 0 Å². The first-order valence-corrected chi connectivity index (χ1v) is 10.1. The summed E-state index contributed by atoms with van der Waals surface area (Å²) in [6.07, 6.45) is 3.10. The number of nitrogens with zero attached hydrogens (tertiary/aromatic N) is 5. The van der Waals surface area contributed by atoms with E-state index in [-0.39, 0.29) is 0 Å². The van der Waals surface area contributed by atoms with Gasteiger partial charge in [0.2, 0.25) is 0 Å². The summed E-state index contributed by atoms with van der Waals surface area (Å²) in [5.74, 6) is 2.62. The Hall–Kier alpha value is -1.86. The van der Waals surface area contributed by atoms with Crippen molar-refractivity contribution < 1.29 is 4.74 Å². The molecule has 0 saturated carbocycles. The van der Waals surface area contributed by atoms with E-state index in [9.17, 15) is 0 Å². The van der Waals surface area contributed by atoms with Crippen molar-refractivity contribution in [3.8, 4) is 0 Å². The van der Waals surface area contributed by atoms with E-state index in [4.69, 9.17) is 9.73 Å². The van der Waals surface area contributed by atoms with Gasteiger partial charge < -0.3 is 24.8 Å². The van der Waals surface area contributed by atoms with Crippen LogP contribution in [0.5, 0.6) is 0 Å².